The molecule has 0 bridgehead atoms. The SMILES string of the molecule is O=C(O)c1cc(O)c(C(=O)O)c2c(C(=O)O)cc(O)c(C(=O)O)c12. The molecule has 6 N–H and O–H groups in total. The molecule has 0 unspecified atom stereocenters. The molecular formula is C14H8O10. The highest BCUT2D eigenvalue weighted by atomic mass is 16.4. The molecule has 0 aliphatic heterocycles. The second kappa shape index (κ2) is 5.43. The molecule has 2 aromatic carbocycles. The standard InChI is InChI=1S/C14H8O10/c15-5-1-3(11(17)18)7-8(9(5)13(21)22)4(12(19)20)2-6(16)10(7)14(23)24/h1-2,15-16H,(H,17,18)(H,19,20)(H,21,22)(H,23,24). The fourth-order valence-corrected chi connectivity index (χ4v) is 2.38. The van der Waals surface area contributed by atoms with Crippen LogP contribution >= 0.6 is 0 Å². The van der Waals surface area contributed by atoms with Gasteiger partial charge in [0.05, 0.1) is 11.1 Å². The number of carboxylic acid groups (broad SMARTS) is 4. The molecular weight excluding hydrogens is 328 g/mol. The van der Waals surface area contributed by atoms with E-state index in [9.17, 15) is 49.8 Å². The second-order valence-corrected chi connectivity index (χ2v) is 4.61. The maximum absolute atomic E-state index is 11.3. The number of fused-ring (bicyclic) bond motifs is 1. The summed E-state index contributed by atoms with van der Waals surface area (Å²) >= 11 is 0. The summed E-state index contributed by atoms with van der Waals surface area (Å²) in [6, 6.07) is 0.956. The quantitative estimate of drug-likeness (QED) is 0.470. The van der Waals surface area contributed by atoms with E-state index < -0.39 is 68.4 Å². The van der Waals surface area contributed by atoms with Gasteiger partial charge in [-0.25, -0.2) is 19.2 Å². The molecule has 0 saturated heterocycles. The number of benzene rings is 2. The van der Waals surface area contributed by atoms with E-state index in [1.807, 2.05) is 0 Å². The van der Waals surface area contributed by atoms with E-state index in [0.29, 0.717) is 12.1 Å². The number of carbonyl (C=O) groups is 4. The number of aromatic hydroxyl groups is 2. The van der Waals surface area contributed by atoms with Gasteiger partial charge < -0.3 is 30.6 Å². The minimum Gasteiger partial charge on any atom is -0.507 e. The van der Waals surface area contributed by atoms with Gasteiger partial charge in [0.1, 0.15) is 22.6 Å². The van der Waals surface area contributed by atoms with Crippen molar-refractivity contribution < 1.29 is 49.8 Å². The van der Waals surface area contributed by atoms with Crippen molar-refractivity contribution in [1.29, 1.82) is 0 Å². The Hall–Kier alpha value is -3.82. The summed E-state index contributed by atoms with van der Waals surface area (Å²) in [6.07, 6.45) is 0. The van der Waals surface area contributed by atoms with Gasteiger partial charge in [0.15, 0.2) is 0 Å². The Morgan fingerprint density at radius 1 is 0.583 bits per heavy atom. The van der Waals surface area contributed by atoms with Crippen LogP contribution in [-0.4, -0.2) is 54.5 Å². The van der Waals surface area contributed by atoms with Gasteiger partial charge in [-0.15, -0.1) is 0 Å². The third-order valence-corrected chi connectivity index (χ3v) is 3.25. The first kappa shape index (κ1) is 16.5. The fourth-order valence-electron chi connectivity index (χ4n) is 2.38. The Kier molecular flexibility index (Phi) is 3.74. The summed E-state index contributed by atoms with van der Waals surface area (Å²) in [7, 11) is 0. The molecule has 0 aliphatic rings. The van der Waals surface area contributed by atoms with Crippen LogP contribution in [0.15, 0.2) is 12.1 Å². The van der Waals surface area contributed by atoms with E-state index in [-0.39, 0.29) is 0 Å². The maximum Gasteiger partial charge on any atom is 0.340 e. The largest absolute Gasteiger partial charge is 0.507 e. The second-order valence-electron chi connectivity index (χ2n) is 4.61. The zero-order chi connectivity index (χ0) is 18.3. The van der Waals surface area contributed by atoms with Crippen LogP contribution in [0.1, 0.15) is 41.4 Å². The number of carboxylic acids is 4. The molecule has 10 heteroatoms. The van der Waals surface area contributed by atoms with E-state index in [4.69, 9.17) is 0 Å². The molecule has 124 valence electrons. The smallest absolute Gasteiger partial charge is 0.340 e. The Labute approximate surface area is 131 Å². The van der Waals surface area contributed by atoms with E-state index in [1.165, 1.54) is 0 Å². The van der Waals surface area contributed by atoms with Gasteiger partial charge in [0.2, 0.25) is 0 Å². The summed E-state index contributed by atoms with van der Waals surface area (Å²) in [5, 5.41) is 54.6. The van der Waals surface area contributed by atoms with E-state index in [1.54, 1.807) is 0 Å². The van der Waals surface area contributed by atoms with Crippen LogP contribution < -0.4 is 0 Å². The van der Waals surface area contributed by atoms with Crippen LogP contribution in [0, 0.1) is 0 Å². The number of hydrogen-bond donors (Lipinski definition) is 6. The van der Waals surface area contributed by atoms with Crippen molar-refractivity contribution in [2.75, 3.05) is 0 Å². The van der Waals surface area contributed by atoms with Gasteiger partial charge in [0, 0.05) is 10.8 Å². The zero-order valence-electron chi connectivity index (χ0n) is 11.5. The lowest BCUT2D eigenvalue weighted by atomic mass is 9.90. The summed E-state index contributed by atoms with van der Waals surface area (Å²) in [5.41, 5.74) is -3.73. The van der Waals surface area contributed by atoms with Crippen molar-refractivity contribution in [3.05, 3.63) is 34.4 Å². The monoisotopic (exact) mass is 336 g/mol. The van der Waals surface area contributed by atoms with Crippen molar-refractivity contribution in [1.82, 2.24) is 0 Å². The third-order valence-electron chi connectivity index (χ3n) is 3.25. The molecule has 0 aliphatic carbocycles. The first-order valence-corrected chi connectivity index (χ1v) is 6.06. The normalized spacial score (nSPS) is 10.5. The Balaban J connectivity index is 3.34. The minimum atomic E-state index is -1.81. The summed E-state index contributed by atoms with van der Waals surface area (Å²) < 4.78 is 0. The predicted molar refractivity (Wildman–Crippen MR) is 75.1 cm³/mol. The lowest BCUT2D eigenvalue weighted by Crippen LogP contribution is -2.12. The average Bonchev–Trinajstić information content (AvgIpc) is 2.44. The fraction of sp³-hybridized carbons (Fsp3) is 0. The molecule has 0 radical (unpaired) electrons. The molecule has 24 heavy (non-hydrogen) atoms. The summed E-state index contributed by atoms with van der Waals surface area (Å²) in [6.45, 7) is 0. The summed E-state index contributed by atoms with van der Waals surface area (Å²) in [4.78, 5) is 45.4. The predicted octanol–water partition coefficient (Wildman–Crippen LogP) is 1.04. The molecule has 0 spiro atoms. The first-order chi connectivity index (χ1) is 11.1. The number of aromatic carboxylic acids is 4. The highest BCUT2D eigenvalue weighted by Gasteiger charge is 2.30. The van der Waals surface area contributed by atoms with Crippen molar-refractivity contribution in [2.45, 2.75) is 0 Å². The molecule has 0 heterocycles. The average molecular weight is 336 g/mol. The van der Waals surface area contributed by atoms with Crippen molar-refractivity contribution in [2.24, 2.45) is 0 Å². The Morgan fingerprint density at radius 2 is 0.875 bits per heavy atom. The lowest BCUT2D eigenvalue weighted by molar-refractivity contribution is 0.0672. The van der Waals surface area contributed by atoms with E-state index >= 15 is 0 Å². The third kappa shape index (κ3) is 2.31. The van der Waals surface area contributed by atoms with Crippen LogP contribution in [0.4, 0.5) is 0 Å². The van der Waals surface area contributed by atoms with Crippen molar-refractivity contribution in [3.8, 4) is 11.5 Å². The van der Waals surface area contributed by atoms with Crippen LogP contribution in [0.25, 0.3) is 10.8 Å². The molecule has 2 rings (SSSR count). The molecule has 0 amide bonds. The van der Waals surface area contributed by atoms with Crippen LogP contribution in [0.5, 0.6) is 11.5 Å². The molecule has 0 fully saturated rings. The van der Waals surface area contributed by atoms with Crippen LogP contribution in [-0.2, 0) is 0 Å². The van der Waals surface area contributed by atoms with Gasteiger partial charge in [-0.05, 0) is 12.1 Å². The molecule has 10 nitrogen and oxygen atoms in total. The topological polar surface area (TPSA) is 190 Å². The van der Waals surface area contributed by atoms with Crippen molar-refractivity contribution in [3.63, 3.8) is 0 Å². The number of rotatable bonds is 4. The number of phenols is 2. The molecule has 2 aromatic rings. The summed E-state index contributed by atoms with van der Waals surface area (Å²) in [5.74, 6) is -9.24. The minimum absolute atomic E-state index is 0.478. The molecule has 0 atom stereocenters. The van der Waals surface area contributed by atoms with Gasteiger partial charge in [-0.1, -0.05) is 0 Å². The van der Waals surface area contributed by atoms with Gasteiger partial charge in [-0.3, -0.25) is 0 Å². The van der Waals surface area contributed by atoms with Crippen LogP contribution in [0.3, 0.4) is 0 Å². The lowest BCUT2D eigenvalue weighted by Gasteiger charge is -2.14. The van der Waals surface area contributed by atoms with Crippen molar-refractivity contribution >= 4 is 34.6 Å². The van der Waals surface area contributed by atoms with Gasteiger partial charge >= 0.3 is 23.9 Å². The van der Waals surface area contributed by atoms with Gasteiger partial charge in [0.25, 0.3) is 0 Å². The van der Waals surface area contributed by atoms with Gasteiger partial charge in [-0.2, -0.15) is 0 Å². The van der Waals surface area contributed by atoms with E-state index in [0.717, 1.165) is 0 Å². The molecule has 0 aromatic heterocycles. The first-order valence-electron chi connectivity index (χ1n) is 6.06. The highest BCUT2D eigenvalue weighted by Crippen LogP contribution is 2.39. The Morgan fingerprint density at radius 3 is 1.08 bits per heavy atom. The highest BCUT2D eigenvalue weighted by molar-refractivity contribution is 6.23. The Bertz CT molecular complexity index is 863. The maximum atomic E-state index is 11.3. The zero-order valence-corrected chi connectivity index (χ0v) is 11.5. The molecule has 0 saturated carbocycles. The van der Waals surface area contributed by atoms with E-state index in [2.05, 4.69) is 0 Å². The van der Waals surface area contributed by atoms with Crippen LogP contribution in [0.2, 0.25) is 0 Å². The number of hydrogen-bond acceptors (Lipinski definition) is 6.